The van der Waals surface area contributed by atoms with Crippen molar-refractivity contribution in [2.24, 2.45) is 0 Å². The van der Waals surface area contributed by atoms with Gasteiger partial charge in [0.2, 0.25) is 5.95 Å². The molecule has 6 rings (SSSR count). The van der Waals surface area contributed by atoms with Gasteiger partial charge in [-0.1, -0.05) is 0 Å². The number of fused-ring (bicyclic) bond motifs is 1. The van der Waals surface area contributed by atoms with E-state index in [1.54, 1.807) is 9.80 Å². The van der Waals surface area contributed by atoms with Crippen LogP contribution in [0.2, 0.25) is 0 Å². The van der Waals surface area contributed by atoms with Crippen LogP contribution in [0.1, 0.15) is 42.7 Å². The lowest BCUT2D eigenvalue weighted by atomic mass is 10.1. The third-order valence-corrected chi connectivity index (χ3v) is 8.47. The summed E-state index contributed by atoms with van der Waals surface area (Å²) in [4.78, 5) is 28.6. The highest BCUT2D eigenvalue weighted by atomic mass is 19.4. The fourth-order valence-electron chi connectivity index (χ4n) is 6.01. The number of alkyl halides is 4. The van der Waals surface area contributed by atoms with Gasteiger partial charge in [0.15, 0.2) is 0 Å². The molecule has 4 heterocycles. The molecule has 41 heavy (non-hydrogen) atoms. The zero-order chi connectivity index (χ0) is 28.7. The first-order valence-corrected chi connectivity index (χ1v) is 14.4. The van der Waals surface area contributed by atoms with Gasteiger partial charge in [0.25, 0.3) is 0 Å². The van der Waals surface area contributed by atoms with Crippen LogP contribution in [0, 0.1) is 0 Å². The van der Waals surface area contributed by atoms with Crippen molar-refractivity contribution in [3.05, 3.63) is 35.5 Å². The normalized spacial score (nSPS) is 23.3. The van der Waals surface area contributed by atoms with Crippen LogP contribution in [0.25, 0.3) is 0 Å². The van der Waals surface area contributed by atoms with Crippen LogP contribution in [0.3, 0.4) is 0 Å². The van der Waals surface area contributed by atoms with E-state index in [4.69, 9.17) is 0 Å². The standard InChI is InChI=1S/C28H36F4N8O/c1-37-9-11-38(12-10-37)20-5-6-24(22(14-20)18-3-4-18)35-26-34-15-23(28(30,31)32)25(36-26)33-7-2-8-39-17-21-13-19(29)16-40(21)27(39)41/h5-6,14-15,18-19,21H,2-4,7-13,16-17H2,1H3,(H2,33,34,35,36)/t19-,21-/m0/s1. The average Bonchev–Trinajstić information content (AvgIpc) is 3.66. The number of urea groups is 1. The van der Waals surface area contributed by atoms with E-state index in [1.807, 2.05) is 12.1 Å². The third kappa shape index (κ3) is 6.14. The molecule has 4 fully saturated rings. The van der Waals surface area contributed by atoms with Crippen molar-refractivity contribution in [1.82, 2.24) is 24.7 Å². The Kier molecular flexibility index (Phi) is 7.56. The molecule has 1 aromatic heterocycles. The van der Waals surface area contributed by atoms with Crippen molar-refractivity contribution >= 4 is 29.2 Å². The minimum atomic E-state index is -4.62. The monoisotopic (exact) mass is 576 g/mol. The van der Waals surface area contributed by atoms with Gasteiger partial charge in [-0.3, -0.25) is 0 Å². The second-order valence-corrected chi connectivity index (χ2v) is 11.6. The number of hydrogen-bond donors (Lipinski definition) is 2. The Hall–Kier alpha value is -3.35. The number of amides is 2. The topological polar surface area (TPSA) is 79.9 Å². The number of hydrogen-bond acceptors (Lipinski definition) is 7. The first-order valence-electron chi connectivity index (χ1n) is 14.4. The van der Waals surface area contributed by atoms with Crippen molar-refractivity contribution in [2.45, 2.75) is 50.0 Å². The molecule has 3 saturated heterocycles. The summed E-state index contributed by atoms with van der Waals surface area (Å²) in [6, 6.07) is 5.88. The Balaban J connectivity index is 1.12. The molecule has 1 aliphatic carbocycles. The molecular weight excluding hydrogens is 540 g/mol. The van der Waals surface area contributed by atoms with Crippen molar-refractivity contribution < 1.29 is 22.4 Å². The summed E-state index contributed by atoms with van der Waals surface area (Å²) >= 11 is 0. The highest BCUT2D eigenvalue weighted by Gasteiger charge is 2.44. The quantitative estimate of drug-likeness (QED) is 0.336. The van der Waals surface area contributed by atoms with Gasteiger partial charge in [0.1, 0.15) is 17.6 Å². The van der Waals surface area contributed by atoms with E-state index in [0.29, 0.717) is 31.8 Å². The summed E-state index contributed by atoms with van der Waals surface area (Å²) in [5.41, 5.74) is 2.15. The largest absolute Gasteiger partial charge is 0.421 e. The molecule has 1 saturated carbocycles. The maximum atomic E-state index is 13.8. The fourth-order valence-corrected chi connectivity index (χ4v) is 6.01. The second kappa shape index (κ2) is 11.1. The van der Waals surface area contributed by atoms with Gasteiger partial charge in [-0.25, -0.2) is 14.2 Å². The highest BCUT2D eigenvalue weighted by molar-refractivity contribution is 5.77. The van der Waals surface area contributed by atoms with Crippen LogP contribution in [-0.4, -0.2) is 102 Å². The number of rotatable bonds is 9. The van der Waals surface area contributed by atoms with E-state index in [9.17, 15) is 22.4 Å². The number of benzene rings is 1. The van der Waals surface area contributed by atoms with Crippen LogP contribution in [0.15, 0.2) is 24.4 Å². The van der Waals surface area contributed by atoms with Crippen molar-refractivity contribution in [3.8, 4) is 0 Å². The van der Waals surface area contributed by atoms with E-state index in [-0.39, 0.29) is 36.9 Å². The maximum absolute atomic E-state index is 13.8. The summed E-state index contributed by atoms with van der Waals surface area (Å²) in [6.07, 6.45) is -1.88. The van der Waals surface area contributed by atoms with Gasteiger partial charge < -0.3 is 30.2 Å². The van der Waals surface area contributed by atoms with Crippen LogP contribution in [0.5, 0.6) is 0 Å². The van der Waals surface area contributed by atoms with E-state index in [0.717, 1.165) is 62.2 Å². The maximum Gasteiger partial charge on any atom is 0.421 e. The Morgan fingerprint density at radius 1 is 1.10 bits per heavy atom. The number of nitrogens with zero attached hydrogens (tertiary/aromatic N) is 6. The van der Waals surface area contributed by atoms with E-state index < -0.39 is 17.9 Å². The smallest absolute Gasteiger partial charge is 0.369 e. The number of aromatic nitrogens is 2. The summed E-state index contributed by atoms with van der Waals surface area (Å²) in [5, 5.41) is 5.99. The number of anilines is 4. The molecule has 222 valence electrons. The van der Waals surface area contributed by atoms with Crippen LogP contribution in [0.4, 0.5) is 45.5 Å². The molecular formula is C28H36F4N8O. The minimum absolute atomic E-state index is 0.0888. The van der Waals surface area contributed by atoms with Gasteiger partial charge in [-0.05, 0) is 56.0 Å². The molecule has 0 unspecified atom stereocenters. The molecule has 4 aliphatic rings. The number of carbonyl (C=O) groups is 1. The summed E-state index contributed by atoms with van der Waals surface area (Å²) in [6.45, 7) is 5.03. The van der Waals surface area contributed by atoms with Crippen LogP contribution in [-0.2, 0) is 6.18 Å². The lowest BCUT2D eigenvalue weighted by molar-refractivity contribution is -0.137. The Morgan fingerprint density at radius 2 is 1.88 bits per heavy atom. The number of carbonyl (C=O) groups excluding carboxylic acids is 1. The average molecular weight is 577 g/mol. The number of nitrogens with one attached hydrogen (secondary N) is 2. The first-order chi connectivity index (χ1) is 19.7. The van der Waals surface area contributed by atoms with Gasteiger partial charge in [-0.15, -0.1) is 0 Å². The minimum Gasteiger partial charge on any atom is -0.369 e. The van der Waals surface area contributed by atoms with E-state index in [1.165, 1.54) is 0 Å². The molecule has 1 aromatic carbocycles. The van der Waals surface area contributed by atoms with Gasteiger partial charge >= 0.3 is 12.2 Å². The van der Waals surface area contributed by atoms with Crippen LogP contribution < -0.4 is 15.5 Å². The predicted molar refractivity (Wildman–Crippen MR) is 149 cm³/mol. The number of piperazine rings is 1. The molecule has 2 atom stereocenters. The summed E-state index contributed by atoms with van der Waals surface area (Å²) in [5.74, 6) is 0.202. The Morgan fingerprint density at radius 3 is 2.59 bits per heavy atom. The molecule has 0 spiro atoms. The summed E-state index contributed by atoms with van der Waals surface area (Å²) in [7, 11) is 2.12. The zero-order valence-electron chi connectivity index (χ0n) is 23.1. The van der Waals surface area contributed by atoms with Crippen LogP contribution >= 0.6 is 0 Å². The second-order valence-electron chi connectivity index (χ2n) is 11.6. The molecule has 13 heteroatoms. The predicted octanol–water partition coefficient (Wildman–Crippen LogP) is 4.52. The van der Waals surface area contributed by atoms with Gasteiger partial charge in [0, 0.05) is 69.8 Å². The van der Waals surface area contributed by atoms with Crippen molar-refractivity contribution in [1.29, 1.82) is 0 Å². The first kappa shape index (κ1) is 27.8. The SMILES string of the molecule is CN1CCN(c2ccc(Nc3ncc(C(F)(F)F)c(NCCCN4C[C@@H]5C[C@H](F)CN5C4=O)n3)c(C3CC3)c2)CC1. The molecule has 9 nitrogen and oxygen atoms in total. The molecule has 0 bridgehead atoms. The Labute approximate surface area is 236 Å². The molecule has 2 N–H and O–H groups in total. The molecule has 2 amide bonds. The van der Waals surface area contributed by atoms with Gasteiger partial charge in [0.05, 0.1) is 12.6 Å². The summed E-state index contributed by atoms with van der Waals surface area (Å²) < 4.78 is 54.9. The molecule has 0 radical (unpaired) electrons. The lowest BCUT2D eigenvalue weighted by Crippen LogP contribution is -2.44. The fraction of sp³-hybridized carbons (Fsp3) is 0.607. The zero-order valence-corrected chi connectivity index (χ0v) is 23.1. The lowest BCUT2D eigenvalue weighted by Gasteiger charge is -2.34. The highest BCUT2D eigenvalue weighted by Crippen LogP contribution is 2.45. The van der Waals surface area contributed by atoms with E-state index in [2.05, 4.69) is 43.5 Å². The number of likely N-dealkylation sites (N-methyl/N-ethyl adjacent to an activating group) is 1. The van der Waals surface area contributed by atoms with Gasteiger partial charge in [-0.2, -0.15) is 18.2 Å². The Bertz CT molecular complexity index is 1260. The van der Waals surface area contributed by atoms with Crippen molar-refractivity contribution in [2.75, 3.05) is 74.9 Å². The van der Waals surface area contributed by atoms with Crippen molar-refractivity contribution in [3.63, 3.8) is 0 Å². The third-order valence-electron chi connectivity index (χ3n) is 8.47. The molecule has 2 aromatic rings. The van der Waals surface area contributed by atoms with E-state index >= 15 is 0 Å². The molecule has 3 aliphatic heterocycles. The number of halogens is 4.